The first-order valence-corrected chi connectivity index (χ1v) is 5.99. The Kier molecular flexibility index (Phi) is 4.27. The third kappa shape index (κ3) is 3.84. The number of nitrogens with zero attached hydrogens (tertiary/aromatic N) is 1. The van der Waals surface area contributed by atoms with Gasteiger partial charge in [0.05, 0.1) is 11.3 Å². The number of carboxylic acids is 1. The van der Waals surface area contributed by atoms with E-state index in [9.17, 15) is 4.79 Å². The number of aryl methyl sites for hydroxylation is 1. The van der Waals surface area contributed by atoms with Crippen LogP contribution in [0, 0.1) is 11.3 Å². The first-order chi connectivity index (χ1) is 7.82. The maximum Gasteiger partial charge on any atom is 0.337 e. The highest BCUT2D eigenvalue weighted by atomic mass is 16.4. The van der Waals surface area contributed by atoms with Crippen LogP contribution in [0.25, 0.3) is 0 Å². The van der Waals surface area contributed by atoms with E-state index in [-0.39, 0.29) is 5.41 Å². The standard InChI is InChI=1S/C14H21NO2/c1-10(14(2,3)4)7-8-12-11(13(16)17)6-5-9-15-12/h5-6,9-10H,7-8H2,1-4H3,(H,16,17). The number of aromatic carboxylic acids is 1. The molecule has 3 heteroatoms. The summed E-state index contributed by atoms with van der Waals surface area (Å²) in [6, 6.07) is 3.28. The van der Waals surface area contributed by atoms with E-state index >= 15 is 0 Å². The lowest BCUT2D eigenvalue weighted by Crippen LogP contribution is -2.18. The van der Waals surface area contributed by atoms with Crippen molar-refractivity contribution in [2.45, 2.75) is 40.5 Å². The molecule has 1 aromatic rings. The predicted octanol–water partition coefficient (Wildman–Crippen LogP) is 3.39. The smallest absolute Gasteiger partial charge is 0.337 e. The van der Waals surface area contributed by atoms with Gasteiger partial charge in [0.25, 0.3) is 0 Å². The Morgan fingerprint density at radius 2 is 2.12 bits per heavy atom. The van der Waals surface area contributed by atoms with Gasteiger partial charge in [-0.3, -0.25) is 4.98 Å². The minimum Gasteiger partial charge on any atom is -0.478 e. The maximum atomic E-state index is 11.0. The second-order valence-corrected chi connectivity index (χ2v) is 5.61. The van der Waals surface area contributed by atoms with Crippen LogP contribution < -0.4 is 0 Å². The van der Waals surface area contributed by atoms with Gasteiger partial charge in [-0.15, -0.1) is 0 Å². The predicted molar refractivity (Wildman–Crippen MR) is 68.1 cm³/mol. The molecule has 0 aliphatic rings. The number of carbonyl (C=O) groups is 1. The third-order valence-corrected chi connectivity index (χ3v) is 3.41. The zero-order valence-corrected chi connectivity index (χ0v) is 11.0. The number of hydrogen-bond acceptors (Lipinski definition) is 2. The molecule has 0 aliphatic carbocycles. The van der Waals surface area contributed by atoms with E-state index in [0.29, 0.717) is 17.2 Å². The Labute approximate surface area is 103 Å². The molecule has 3 nitrogen and oxygen atoms in total. The summed E-state index contributed by atoms with van der Waals surface area (Å²) in [7, 11) is 0. The molecule has 0 amide bonds. The SMILES string of the molecule is CC(CCc1ncccc1C(=O)O)C(C)(C)C. The van der Waals surface area contributed by atoms with E-state index in [4.69, 9.17) is 5.11 Å². The van der Waals surface area contributed by atoms with Crippen molar-refractivity contribution in [3.05, 3.63) is 29.6 Å². The first-order valence-electron chi connectivity index (χ1n) is 5.99. The molecule has 0 aliphatic heterocycles. The highest BCUT2D eigenvalue weighted by molar-refractivity contribution is 5.88. The molecule has 0 saturated heterocycles. The molecule has 0 saturated carbocycles. The van der Waals surface area contributed by atoms with Crippen molar-refractivity contribution in [2.75, 3.05) is 0 Å². The van der Waals surface area contributed by atoms with Crippen molar-refractivity contribution in [3.63, 3.8) is 0 Å². The normalized spacial score (nSPS) is 13.4. The van der Waals surface area contributed by atoms with Crippen LogP contribution in [0.4, 0.5) is 0 Å². The van der Waals surface area contributed by atoms with Gasteiger partial charge in [-0.25, -0.2) is 4.79 Å². The Bertz CT molecular complexity index is 393. The van der Waals surface area contributed by atoms with E-state index in [2.05, 4.69) is 32.7 Å². The average Bonchev–Trinajstić information content (AvgIpc) is 2.24. The molecule has 0 radical (unpaired) electrons. The highest BCUT2D eigenvalue weighted by Crippen LogP contribution is 2.29. The molecular weight excluding hydrogens is 214 g/mol. The second-order valence-electron chi connectivity index (χ2n) is 5.61. The lowest BCUT2D eigenvalue weighted by molar-refractivity contribution is 0.0695. The molecule has 1 rings (SSSR count). The zero-order valence-electron chi connectivity index (χ0n) is 11.0. The fourth-order valence-corrected chi connectivity index (χ4v) is 1.62. The van der Waals surface area contributed by atoms with Gasteiger partial charge in [-0.05, 0) is 36.3 Å². The molecule has 0 fully saturated rings. The molecule has 0 spiro atoms. The van der Waals surface area contributed by atoms with Crippen molar-refractivity contribution >= 4 is 5.97 Å². The largest absolute Gasteiger partial charge is 0.478 e. The summed E-state index contributed by atoms with van der Waals surface area (Å²) >= 11 is 0. The number of rotatable bonds is 4. The molecule has 1 aromatic heterocycles. The van der Waals surface area contributed by atoms with E-state index in [0.717, 1.165) is 12.8 Å². The topological polar surface area (TPSA) is 50.2 Å². The molecule has 1 heterocycles. The number of hydrogen-bond donors (Lipinski definition) is 1. The van der Waals surface area contributed by atoms with Gasteiger partial charge in [0, 0.05) is 6.20 Å². The zero-order chi connectivity index (χ0) is 13.1. The molecule has 0 bridgehead atoms. The van der Waals surface area contributed by atoms with Crippen molar-refractivity contribution < 1.29 is 9.90 Å². The van der Waals surface area contributed by atoms with E-state index in [1.165, 1.54) is 0 Å². The Morgan fingerprint density at radius 3 is 2.65 bits per heavy atom. The third-order valence-electron chi connectivity index (χ3n) is 3.41. The number of carboxylic acid groups (broad SMARTS) is 1. The summed E-state index contributed by atoms with van der Waals surface area (Å²) in [4.78, 5) is 15.2. The van der Waals surface area contributed by atoms with Crippen LogP contribution in [0.2, 0.25) is 0 Å². The summed E-state index contributed by atoms with van der Waals surface area (Å²) in [5.41, 5.74) is 1.27. The van der Waals surface area contributed by atoms with Crippen molar-refractivity contribution in [2.24, 2.45) is 11.3 Å². The summed E-state index contributed by atoms with van der Waals surface area (Å²) in [5, 5.41) is 9.05. The van der Waals surface area contributed by atoms with Crippen LogP contribution in [0.5, 0.6) is 0 Å². The molecule has 17 heavy (non-hydrogen) atoms. The van der Waals surface area contributed by atoms with Gasteiger partial charge in [0.15, 0.2) is 0 Å². The molecule has 94 valence electrons. The van der Waals surface area contributed by atoms with Gasteiger partial charge in [0.2, 0.25) is 0 Å². The minimum absolute atomic E-state index is 0.248. The Balaban J connectivity index is 2.73. The Hall–Kier alpha value is -1.38. The van der Waals surface area contributed by atoms with Crippen LogP contribution in [0.15, 0.2) is 18.3 Å². The summed E-state index contributed by atoms with van der Waals surface area (Å²) in [5.74, 6) is -0.359. The van der Waals surface area contributed by atoms with Gasteiger partial charge < -0.3 is 5.11 Å². The molecular formula is C14H21NO2. The summed E-state index contributed by atoms with van der Waals surface area (Å²) in [6.45, 7) is 8.81. The van der Waals surface area contributed by atoms with Crippen molar-refractivity contribution in [3.8, 4) is 0 Å². The van der Waals surface area contributed by atoms with Gasteiger partial charge >= 0.3 is 5.97 Å². The first kappa shape index (κ1) is 13.7. The van der Waals surface area contributed by atoms with Crippen molar-refractivity contribution in [1.82, 2.24) is 4.98 Å². The lowest BCUT2D eigenvalue weighted by atomic mass is 9.79. The van der Waals surface area contributed by atoms with E-state index in [1.54, 1.807) is 18.3 Å². The maximum absolute atomic E-state index is 11.0. The molecule has 0 aromatic carbocycles. The molecule has 1 atom stereocenters. The highest BCUT2D eigenvalue weighted by Gasteiger charge is 2.20. The van der Waals surface area contributed by atoms with Gasteiger partial charge in [-0.1, -0.05) is 27.7 Å². The van der Waals surface area contributed by atoms with Crippen LogP contribution in [0.1, 0.15) is 50.2 Å². The summed E-state index contributed by atoms with van der Waals surface area (Å²) < 4.78 is 0. The fraction of sp³-hybridized carbons (Fsp3) is 0.571. The van der Waals surface area contributed by atoms with E-state index < -0.39 is 5.97 Å². The number of pyridine rings is 1. The quantitative estimate of drug-likeness (QED) is 0.870. The molecule has 1 unspecified atom stereocenters. The van der Waals surface area contributed by atoms with E-state index in [1.807, 2.05) is 0 Å². The fourth-order valence-electron chi connectivity index (χ4n) is 1.62. The number of aromatic nitrogens is 1. The van der Waals surface area contributed by atoms with Crippen LogP contribution in [0.3, 0.4) is 0 Å². The van der Waals surface area contributed by atoms with Gasteiger partial charge in [0.1, 0.15) is 0 Å². The van der Waals surface area contributed by atoms with Gasteiger partial charge in [-0.2, -0.15) is 0 Å². The molecule has 1 N–H and O–H groups in total. The van der Waals surface area contributed by atoms with Crippen LogP contribution >= 0.6 is 0 Å². The lowest BCUT2D eigenvalue weighted by Gasteiger charge is -2.27. The Morgan fingerprint density at radius 1 is 1.47 bits per heavy atom. The van der Waals surface area contributed by atoms with Crippen LogP contribution in [-0.2, 0) is 6.42 Å². The van der Waals surface area contributed by atoms with Crippen molar-refractivity contribution in [1.29, 1.82) is 0 Å². The average molecular weight is 235 g/mol. The monoisotopic (exact) mass is 235 g/mol. The second kappa shape index (κ2) is 5.30. The summed E-state index contributed by atoms with van der Waals surface area (Å²) in [6.07, 6.45) is 3.34. The minimum atomic E-state index is -0.892. The van der Waals surface area contributed by atoms with Crippen LogP contribution in [-0.4, -0.2) is 16.1 Å².